The van der Waals surface area contributed by atoms with E-state index in [-0.39, 0.29) is 17.5 Å². The summed E-state index contributed by atoms with van der Waals surface area (Å²) in [5.74, 6) is -0.498. The molecule has 1 heterocycles. The second-order valence-corrected chi connectivity index (χ2v) is 8.90. The van der Waals surface area contributed by atoms with Gasteiger partial charge in [-0.1, -0.05) is 0 Å². The van der Waals surface area contributed by atoms with Crippen LogP contribution in [0.25, 0.3) is 0 Å². The molecule has 1 saturated heterocycles. The summed E-state index contributed by atoms with van der Waals surface area (Å²) >= 11 is 0. The molecule has 0 aliphatic carbocycles. The van der Waals surface area contributed by atoms with Gasteiger partial charge in [0.05, 0.1) is 4.90 Å². The summed E-state index contributed by atoms with van der Waals surface area (Å²) in [4.78, 5) is 13.9. The van der Waals surface area contributed by atoms with Crippen LogP contribution in [-0.4, -0.2) is 44.1 Å². The molecule has 1 aromatic carbocycles. The van der Waals surface area contributed by atoms with E-state index in [4.69, 9.17) is 4.74 Å². The second-order valence-electron chi connectivity index (χ2n) is 7.13. The smallest absolute Gasteiger partial charge is 0.410 e. The Balaban J connectivity index is 2.03. The number of carbonyl (C=O) groups is 1. The minimum absolute atomic E-state index is 0.00599. The predicted molar refractivity (Wildman–Crippen MR) is 92.2 cm³/mol. The number of amides is 1. The molecule has 140 valence electrons. The van der Waals surface area contributed by atoms with Crippen LogP contribution in [0.1, 0.15) is 40.0 Å². The van der Waals surface area contributed by atoms with Crippen LogP contribution in [0.5, 0.6) is 0 Å². The first-order chi connectivity index (χ1) is 11.6. The van der Waals surface area contributed by atoms with Crippen molar-refractivity contribution in [2.45, 2.75) is 56.6 Å². The van der Waals surface area contributed by atoms with Gasteiger partial charge in [0, 0.05) is 19.1 Å². The Hall–Kier alpha value is -1.67. The molecule has 8 heteroatoms. The van der Waals surface area contributed by atoms with Crippen LogP contribution >= 0.6 is 0 Å². The van der Waals surface area contributed by atoms with E-state index in [9.17, 15) is 17.6 Å². The summed E-state index contributed by atoms with van der Waals surface area (Å²) in [6.45, 7) is 6.01. The van der Waals surface area contributed by atoms with E-state index < -0.39 is 27.5 Å². The molecule has 0 unspecified atom stereocenters. The zero-order chi connectivity index (χ0) is 18.7. The number of benzene rings is 1. The first-order valence-electron chi connectivity index (χ1n) is 8.33. The maximum absolute atomic E-state index is 13.0. The van der Waals surface area contributed by atoms with Crippen LogP contribution in [0.3, 0.4) is 0 Å². The van der Waals surface area contributed by atoms with Crippen molar-refractivity contribution in [2.24, 2.45) is 0 Å². The molecule has 1 aliphatic heterocycles. The zero-order valence-corrected chi connectivity index (χ0v) is 15.6. The molecule has 1 N–H and O–H groups in total. The molecule has 0 saturated carbocycles. The van der Waals surface area contributed by atoms with Crippen LogP contribution in [0.4, 0.5) is 9.18 Å². The number of hydrogen-bond acceptors (Lipinski definition) is 4. The minimum Gasteiger partial charge on any atom is -0.444 e. The number of likely N-dealkylation sites (tertiary alicyclic amines) is 1. The average Bonchev–Trinajstić information content (AvgIpc) is 2.52. The topological polar surface area (TPSA) is 75.7 Å². The van der Waals surface area contributed by atoms with Crippen LogP contribution < -0.4 is 4.72 Å². The number of ether oxygens (including phenoxy) is 1. The molecule has 1 aliphatic rings. The van der Waals surface area contributed by atoms with Crippen molar-refractivity contribution in [3.8, 4) is 0 Å². The lowest BCUT2D eigenvalue weighted by Gasteiger charge is -2.36. The van der Waals surface area contributed by atoms with Gasteiger partial charge in [0.2, 0.25) is 10.0 Å². The largest absolute Gasteiger partial charge is 0.444 e. The molecule has 0 spiro atoms. The standard InChI is InChI=1S/C17H25FN2O4S/c1-17(2,3)24-16(21)20-11-5-4-6-14(20)12-19-25(22,23)15-9-7-13(18)8-10-15/h7-10,14,19H,4-6,11-12H2,1-3H3/t14-/m1/s1. The van der Waals surface area contributed by atoms with Crippen LogP contribution in [0, 0.1) is 5.82 Å². The molecule has 1 amide bonds. The summed E-state index contributed by atoms with van der Waals surface area (Å²) in [5, 5.41) is 0. The third-order valence-corrected chi connectivity index (χ3v) is 5.33. The van der Waals surface area contributed by atoms with Crippen molar-refractivity contribution >= 4 is 16.1 Å². The van der Waals surface area contributed by atoms with Crippen molar-refractivity contribution in [3.05, 3.63) is 30.1 Å². The average molecular weight is 372 g/mol. The fraction of sp³-hybridized carbons (Fsp3) is 0.588. The molecule has 1 atom stereocenters. The molecule has 1 fully saturated rings. The fourth-order valence-corrected chi connectivity index (χ4v) is 3.75. The zero-order valence-electron chi connectivity index (χ0n) is 14.8. The number of hydrogen-bond donors (Lipinski definition) is 1. The summed E-state index contributed by atoms with van der Waals surface area (Å²) < 4.78 is 45.5. The third-order valence-electron chi connectivity index (χ3n) is 3.89. The summed E-state index contributed by atoms with van der Waals surface area (Å²) in [5.41, 5.74) is -0.604. The first-order valence-corrected chi connectivity index (χ1v) is 9.82. The monoisotopic (exact) mass is 372 g/mol. The number of sulfonamides is 1. The quantitative estimate of drug-likeness (QED) is 0.882. The van der Waals surface area contributed by atoms with E-state index in [0.717, 1.165) is 25.0 Å². The minimum atomic E-state index is -3.76. The van der Waals surface area contributed by atoms with Crippen LogP contribution in [0.2, 0.25) is 0 Å². The summed E-state index contributed by atoms with van der Waals surface area (Å²) in [7, 11) is -3.76. The van der Waals surface area contributed by atoms with Gasteiger partial charge in [-0.2, -0.15) is 0 Å². The van der Waals surface area contributed by atoms with Gasteiger partial charge in [0.25, 0.3) is 0 Å². The maximum atomic E-state index is 13.0. The Morgan fingerprint density at radius 2 is 1.92 bits per heavy atom. The fourth-order valence-electron chi connectivity index (χ4n) is 2.68. The number of piperidine rings is 1. The van der Waals surface area contributed by atoms with Gasteiger partial charge in [0.15, 0.2) is 0 Å². The van der Waals surface area contributed by atoms with Gasteiger partial charge < -0.3 is 9.64 Å². The Kier molecular flexibility index (Phi) is 6.05. The van der Waals surface area contributed by atoms with E-state index >= 15 is 0 Å². The highest BCUT2D eigenvalue weighted by Crippen LogP contribution is 2.20. The Labute approximate surface area is 148 Å². The third kappa shape index (κ3) is 5.67. The Morgan fingerprint density at radius 1 is 1.28 bits per heavy atom. The molecule has 0 bridgehead atoms. The molecule has 25 heavy (non-hydrogen) atoms. The van der Waals surface area contributed by atoms with Gasteiger partial charge in [-0.05, 0) is 64.3 Å². The van der Waals surface area contributed by atoms with E-state index in [0.29, 0.717) is 13.0 Å². The van der Waals surface area contributed by atoms with E-state index in [1.165, 1.54) is 12.1 Å². The van der Waals surface area contributed by atoms with Gasteiger partial charge >= 0.3 is 6.09 Å². The Morgan fingerprint density at radius 3 is 2.52 bits per heavy atom. The van der Waals surface area contributed by atoms with Gasteiger partial charge in [-0.25, -0.2) is 22.3 Å². The van der Waals surface area contributed by atoms with Crippen molar-refractivity contribution in [1.82, 2.24) is 9.62 Å². The molecular formula is C17H25FN2O4S. The SMILES string of the molecule is CC(C)(C)OC(=O)N1CCCC[C@@H]1CNS(=O)(=O)c1ccc(F)cc1. The van der Waals surface area contributed by atoms with E-state index in [2.05, 4.69) is 4.72 Å². The number of rotatable bonds is 4. The highest BCUT2D eigenvalue weighted by molar-refractivity contribution is 7.89. The number of halogens is 1. The lowest BCUT2D eigenvalue weighted by atomic mass is 10.0. The molecular weight excluding hydrogens is 347 g/mol. The van der Waals surface area contributed by atoms with Gasteiger partial charge in [-0.3, -0.25) is 0 Å². The predicted octanol–water partition coefficient (Wildman–Crippen LogP) is 2.89. The Bertz CT molecular complexity index is 698. The van der Waals surface area contributed by atoms with Gasteiger partial charge in [0.1, 0.15) is 11.4 Å². The number of nitrogens with zero attached hydrogens (tertiary/aromatic N) is 1. The highest BCUT2D eigenvalue weighted by atomic mass is 32.2. The summed E-state index contributed by atoms with van der Waals surface area (Å²) in [6.07, 6.45) is 2.05. The number of carbonyl (C=O) groups excluding carboxylic acids is 1. The van der Waals surface area contributed by atoms with E-state index in [1.807, 2.05) is 0 Å². The normalized spacial score (nSPS) is 18.9. The lowest BCUT2D eigenvalue weighted by Crippen LogP contribution is -2.50. The molecule has 0 aromatic heterocycles. The summed E-state index contributed by atoms with van der Waals surface area (Å²) in [6, 6.07) is 4.36. The van der Waals surface area contributed by atoms with Crippen LogP contribution in [-0.2, 0) is 14.8 Å². The van der Waals surface area contributed by atoms with Crippen molar-refractivity contribution in [3.63, 3.8) is 0 Å². The van der Waals surface area contributed by atoms with Crippen molar-refractivity contribution < 1.29 is 22.3 Å². The highest BCUT2D eigenvalue weighted by Gasteiger charge is 2.31. The molecule has 0 radical (unpaired) electrons. The number of nitrogens with one attached hydrogen (secondary N) is 1. The first kappa shape index (κ1) is 19.7. The lowest BCUT2D eigenvalue weighted by molar-refractivity contribution is 0.0105. The van der Waals surface area contributed by atoms with Crippen LogP contribution in [0.15, 0.2) is 29.2 Å². The van der Waals surface area contributed by atoms with Gasteiger partial charge in [-0.15, -0.1) is 0 Å². The second kappa shape index (κ2) is 7.70. The van der Waals surface area contributed by atoms with Crippen molar-refractivity contribution in [2.75, 3.05) is 13.1 Å². The maximum Gasteiger partial charge on any atom is 0.410 e. The van der Waals surface area contributed by atoms with Crippen molar-refractivity contribution in [1.29, 1.82) is 0 Å². The molecule has 2 rings (SSSR count). The molecule has 6 nitrogen and oxygen atoms in total. The van der Waals surface area contributed by atoms with E-state index in [1.54, 1.807) is 25.7 Å². The molecule has 1 aromatic rings.